The van der Waals surface area contributed by atoms with Gasteiger partial charge in [-0.05, 0) is 68.1 Å². The van der Waals surface area contributed by atoms with Crippen molar-refractivity contribution in [2.45, 2.75) is 46.1 Å². The van der Waals surface area contributed by atoms with Crippen LogP contribution in [0, 0.1) is 0 Å². The number of hydrazone groups is 1. The molecule has 3 aromatic rings. The molecule has 0 aromatic heterocycles. The summed E-state index contributed by atoms with van der Waals surface area (Å²) >= 11 is 0. The van der Waals surface area contributed by atoms with E-state index in [4.69, 9.17) is 23.7 Å². The van der Waals surface area contributed by atoms with Crippen LogP contribution in [0.5, 0.6) is 23.0 Å². The predicted molar refractivity (Wildman–Crippen MR) is 181 cm³/mol. The molecule has 0 aliphatic carbocycles. The molecule has 4 rings (SSSR count). The van der Waals surface area contributed by atoms with Gasteiger partial charge in [-0.3, -0.25) is 5.43 Å². The van der Waals surface area contributed by atoms with Crippen LogP contribution in [0.15, 0.2) is 89.7 Å². The van der Waals surface area contributed by atoms with Crippen LogP contribution >= 0.6 is 0 Å². The van der Waals surface area contributed by atoms with Crippen molar-refractivity contribution in [3.63, 3.8) is 0 Å². The summed E-state index contributed by atoms with van der Waals surface area (Å²) in [6, 6.07) is 17.5. The molecule has 0 bridgehead atoms. The molecule has 0 radical (unpaired) electrons. The van der Waals surface area contributed by atoms with E-state index in [0.717, 1.165) is 16.7 Å². The molecule has 0 unspecified atom stereocenters. The SMILES string of the molecule is C=CCc1cc(/C=N\N[C@H](O)COc2ccc([C@H]3NC(=O)NC(C)=C3C(=O)OC)cc2OCC)cc(OCC)c1OCc1ccccc1. The van der Waals surface area contributed by atoms with E-state index >= 15 is 0 Å². The van der Waals surface area contributed by atoms with Crippen molar-refractivity contribution >= 4 is 18.2 Å². The largest absolute Gasteiger partial charge is 0.490 e. The van der Waals surface area contributed by atoms with E-state index in [1.165, 1.54) is 7.11 Å². The molecule has 0 spiro atoms. The minimum atomic E-state index is -1.16. The number of amides is 2. The second-order valence-corrected chi connectivity index (χ2v) is 10.6. The Bertz CT molecular complexity index is 1640. The Morgan fingerprint density at radius 3 is 2.48 bits per heavy atom. The van der Waals surface area contributed by atoms with E-state index in [1.54, 1.807) is 37.4 Å². The number of urea groups is 1. The summed E-state index contributed by atoms with van der Waals surface area (Å²) in [7, 11) is 1.28. The Morgan fingerprint density at radius 1 is 1.02 bits per heavy atom. The Hall–Kier alpha value is -5.49. The zero-order chi connectivity index (χ0) is 34.5. The number of aliphatic hydroxyl groups excluding tert-OH is 1. The van der Waals surface area contributed by atoms with E-state index in [9.17, 15) is 14.7 Å². The average molecular weight is 659 g/mol. The topological polar surface area (TPSA) is 149 Å². The number of rotatable bonds is 17. The molecule has 0 saturated carbocycles. The van der Waals surface area contributed by atoms with E-state index in [0.29, 0.717) is 60.5 Å². The van der Waals surface area contributed by atoms with Crippen LogP contribution in [0.25, 0.3) is 0 Å². The lowest BCUT2D eigenvalue weighted by molar-refractivity contribution is -0.136. The van der Waals surface area contributed by atoms with Crippen molar-refractivity contribution in [2.75, 3.05) is 26.9 Å². The van der Waals surface area contributed by atoms with Gasteiger partial charge in [-0.2, -0.15) is 5.10 Å². The Kier molecular flexibility index (Phi) is 12.8. The van der Waals surface area contributed by atoms with Gasteiger partial charge in [0.15, 0.2) is 29.2 Å². The van der Waals surface area contributed by atoms with Crippen molar-refractivity contribution in [1.82, 2.24) is 16.1 Å². The summed E-state index contributed by atoms with van der Waals surface area (Å²) in [5, 5.41) is 20.1. The van der Waals surface area contributed by atoms with Gasteiger partial charge in [-0.25, -0.2) is 9.59 Å². The van der Waals surface area contributed by atoms with Gasteiger partial charge in [0.2, 0.25) is 0 Å². The normalized spacial score (nSPS) is 14.9. The van der Waals surface area contributed by atoms with Crippen LogP contribution in [0.3, 0.4) is 0 Å². The second kappa shape index (κ2) is 17.4. The summed E-state index contributed by atoms with van der Waals surface area (Å²) in [6.07, 6.45) is 2.76. The number of hydrogen-bond donors (Lipinski definition) is 4. The average Bonchev–Trinajstić information content (AvgIpc) is 3.07. The number of methoxy groups -OCH3 is 1. The van der Waals surface area contributed by atoms with Crippen molar-refractivity contribution in [3.05, 3.63) is 107 Å². The predicted octanol–water partition coefficient (Wildman–Crippen LogP) is 4.91. The number of ether oxygens (including phenoxy) is 5. The van der Waals surface area contributed by atoms with Crippen molar-refractivity contribution in [3.8, 4) is 23.0 Å². The quantitative estimate of drug-likeness (QED) is 0.0522. The van der Waals surface area contributed by atoms with Crippen LogP contribution in [0.2, 0.25) is 0 Å². The first kappa shape index (κ1) is 35.4. The van der Waals surface area contributed by atoms with Gasteiger partial charge in [0.1, 0.15) is 13.2 Å². The van der Waals surface area contributed by atoms with Crippen LogP contribution in [0.1, 0.15) is 49.1 Å². The molecule has 3 aromatic carbocycles. The van der Waals surface area contributed by atoms with Gasteiger partial charge >= 0.3 is 12.0 Å². The highest BCUT2D eigenvalue weighted by atomic mass is 16.5. The lowest BCUT2D eigenvalue weighted by atomic mass is 9.95. The number of aliphatic hydroxyl groups is 1. The Labute approximate surface area is 280 Å². The first-order valence-electron chi connectivity index (χ1n) is 15.6. The van der Waals surface area contributed by atoms with E-state index in [-0.39, 0.29) is 12.2 Å². The molecule has 0 saturated heterocycles. The van der Waals surface area contributed by atoms with Gasteiger partial charge in [0.05, 0.1) is 38.2 Å². The third-order valence-electron chi connectivity index (χ3n) is 7.15. The van der Waals surface area contributed by atoms with Gasteiger partial charge in [0.25, 0.3) is 0 Å². The van der Waals surface area contributed by atoms with Crippen LogP contribution in [-0.2, 0) is 22.6 Å². The number of nitrogens with zero attached hydrogens (tertiary/aromatic N) is 1. The first-order chi connectivity index (χ1) is 23.3. The maximum absolute atomic E-state index is 12.5. The molecule has 254 valence electrons. The van der Waals surface area contributed by atoms with Gasteiger partial charge in [0, 0.05) is 11.3 Å². The highest BCUT2D eigenvalue weighted by Crippen LogP contribution is 2.36. The Morgan fingerprint density at radius 2 is 1.77 bits per heavy atom. The molecule has 0 fully saturated rings. The number of hydrogen-bond acceptors (Lipinski definition) is 10. The minimum absolute atomic E-state index is 0.161. The van der Waals surface area contributed by atoms with Crippen LogP contribution in [-0.4, -0.2) is 56.5 Å². The minimum Gasteiger partial charge on any atom is -0.490 e. The lowest BCUT2D eigenvalue weighted by Crippen LogP contribution is -2.45. The first-order valence-corrected chi connectivity index (χ1v) is 15.6. The zero-order valence-corrected chi connectivity index (χ0v) is 27.6. The molecule has 1 aliphatic rings. The molecular formula is C36H42N4O8. The van der Waals surface area contributed by atoms with Crippen LogP contribution < -0.4 is 35.0 Å². The summed E-state index contributed by atoms with van der Waals surface area (Å²) in [5.41, 5.74) is 6.57. The van der Waals surface area contributed by atoms with E-state index in [2.05, 4.69) is 27.7 Å². The Balaban J connectivity index is 1.44. The third kappa shape index (κ3) is 9.29. The molecule has 12 nitrogen and oxygen atoms in total. The molecule has 1 aliphatic heterocycles. The number of carbonyl (C=O) groups is 2. The van der Waals surface area contributed by atoms with Gasteiger partial charge in [-0.15, -0.1) is 6.58 Å². The number of benzene rings is 3. The fourth-order valence-electron chi connectivity index (χ4n) is 5.04. The highest BCUT2D eigenvalue weighted by molar-refractivity contribution is 5.95. The molecular weight excluding hydrogens is 616 g/mol. The molecule has 1 heterocycles. The fourth-order valence-corrected chi connectivity index (χ4v) is 5.04. The van der Waals surface area contributed by atoms with Gasteiger partial charge in [-0.1, -0.05) is 42.5 Å². The number of carbonyl (C=O) groups excluding carboxylic acids is 2. The van der Waals surface area contributed by atoms with Crippen molar-refractivity contribution < 1.29 is 38.4 Å². The maximum atomic E-state index is 12.5. The number of allylic oxidation sites excluding steroid dienone is 2. The summed E-state index contributed by atoms with van der Waals surface area (Å²) in [6.45, 7) is 10.2. The maximum Gasteiger partial charge on any atom is 0.337 e. The highest BCUT2D eigenvalue weighted by Gasteiger charge is 2.32. The monoisotopic (exact) mass is 658 g/mol. The molecule has 2 atom stereocenters. The number of nitrogens with one attached hydrogen (secondary N) is 3. The van der Waals surface area contributed by atoms with E-state index < -0.39 is 24.3 Å². The van der Waals surface area contributed by atoms with Crippen molar-refractivity contribution in [2.24, 2.45) is 5.10 Å². The smallest absolute Gasteiger partial charge is 0.337 e. The molecule has 48 heavy (non-hydrogen) atoms. The standard InChI is InChI=1S/C36H42N4O8/c1-6-12-27-17-25(18-30(46-8-3)34(27)48-21-24-13-10-9-11-14-24)20-37-40-31(41)22-47-28-16-15-26(19-29(28)45-7-2)33-32(35(42)44-5)23(4)38-36(43)39-33/h6,9-11,13-20,31,33,40-41H,1,7-8,12,21-22H2,2-5H3,(H2,38,39,43)/b37-20-/t31-,33-/m1/s1. The second-order valence-electron chi connectivity index (χ2n) is 10.6. The van der Waals surface area contributed by atoms with Crippen molar-refractivity contribution in [1.29, 1.82) is 0 Å². The number of esters is 1. The van der Waals surface area contributed by atoms with Gasteiger partial charge < -0.3 is 39.4 Å². The molecule has 4 N–H and O–H groups in total. The lowest BCUT2D eigenvalue weighted by Gasteiger charge is -2.28. The molecule has 12 heteroatoms. The summed E-state index contributed by atoms with van der Waals surface area (Å²) in [5.74, 6) is 1.38. The summed E-state index contributed by atoms with van der Waals surface area (Å²) in [4.78, 5) is 24.7. The molecule has 2 amide bonds. The van der Waals surface area contributed by atoms with E-state index in [1.807, 2.05) is 56.3 Å². The van der Waals surface area contributed by atoms with Crippen LogP contribution in [0.4, 0.5) is 4.79 Å². The third-order valence-corrected chi connectivity index (χ3v) is 7.15. The summed E-state index contributed by atoms with van der Waals surface area (Å²) < 4.78 is 28.7. The zero-order valence-electron chi connectivity index (χ0n) is 27.6. The fraction of sp³-hybridized carbons (Fsp3) is 0.306.